The lowest BCUT2D eigenvalue weighted by Gasteiger charge is -2.28. The lowest BCUT2D eigenvalue weighted by Crippen LogP contribution is -2.34. The maximum Gasteiger partial charge on any atom is 0.339 e. The van der Waals surface area contributed by atoms with E-state index < -0.39 is 27.5 Å². The molecule has 3 aromatic carbocycles. The number of fused-ring (bicyclic) bond motifs is 4. The zero-order valence-corrected chi connectivity index (χ0v) is 22.1. The Balaban J connectivity index is 1.46. The van der Waals surface area contributed by atoms with Crippen LogP contribution in [0.5, 0.6) is 11.5 Å². The van der Waals surface area contributed by atoms with E-state index in [-0.39, 0.29) is 28.2 Å². The molecule has 0 bridgehead atoms. The summed E-state index contributed by atoms with van der Waals surface area (Å²) in [5, 5.41) is 0.602. The molecule has 0 amide bonds. The van der Waals surface area contributed by atoms with Crippen molar-refractivity contribution >= 4 is 21.0 Å². The number of benzene rings is 3. The first-order chi connectivity index (χ1) is 19.3. The van der Waals surface area contributed by atoms with Gasteiger partial charge in [0.1, 0.15) is 5.75 Å². The van der Waals surface area contributed by atoms with Crippen LogP contribution in [0.3, 0.4) is 0 Å². The van der Waals surface area contributed by atoms with Gasteiger partial charge in [-0.25, -0.2) is 18.0 Å². The summed E-state index contributed by atoms with van der Waals surface area (Å²) in [5.74, 6) is 0.978. The summed E-state index contributed by atoms with van der Waals surface area (Å²) in [6.45, 7) is 2.20. The molecular weight excluding hydrogens is 534 g/mol. The van der Waals surface area contributed by atoms with E-state index in [1.54, 1.807) is 66.7 Å². The smallest absolute Gasteiger partial charge is 0.339 e. The van der Waals surface area contributed by atoms with Crippen LogP contribution in [0.4, 0.5) is 0 Å². The van der Waals surface area contributed by atoms with Crippen molar-refractivity contribution in [2.75, 3.05) is 6.61 Å². The second-order valence-electron chi connectivity index (χ2n) is 9.11. The van der Waals surface area contributed by atoms with Crippen LogP contribution < -0.4 is 25.4 Å². The highest BCUT2D eigenvalue weighted by molar-refractivity contribution is 7.89. The molecule has 202 valence electrons. The third kappa shape index (κ3) is 4.67. The first-order valence-corrected chi connectivity index (χ1v) is 14.0. The van der Waals surface area contributed by atoms with E-state index in [0.29, 0.717) is 40.2 Å². The van der Waals surface area contributed by atoms with Crippen LogP contribution >= 0.6 is 0 Å². The van der Waals surface area contributed by atoms with Gasteiger partial charge in [-0.15, -0.1) is 0 Å². The minimum atomic E-state index is -3.99. The summed E-state index contributed by atoms with van der Waals surface area (Å²) in [6.07, 6.45) is -1.16. The molecule has 0 saturated carbocycles. The van der Waals surface area contributed by atoms with Gasteiger partial charge in [0.05, 0.1) is 22.6 Å². The van der Waals surface area contributed by atoms with Crippen LogP contribution in [0.1, 0.15) is 29.8 Å². The zero-order valence-electron chi connectivity index (χ0n) is 21.2. The van der Waals surface area contributed by atoms with Crippen LogP contribution in [0.15, 0.2) is 108 Å². The van der Waals surface area contributed by atoms with Gasteiger partial charge in [-0.2, -0.15) is 4.72 Å². The third-order valence-electron chi connectivity index (χ3n) is 6.52. The van der Waals surface area contributed by atoms with Gasteiger partial charge in [0, 0.05) is 23.4 Å². The normalized spacial score (nSPS) is 14.3. The van der Waals surface area contributed by atoms with Gasteiger partial charge in [0.2, 0.25) is 10.0 Å². The predicted octanol–water partition coefficient (Wildman–Crippen LogP) is 4.77. The molecule has 1 atom stereocenters. The highest BCUT2D eigenvalue weighted by Gasteiger charge is 2.33. The number of hydrogen-bond acceptors (Lipinski definition) is 8. The van der Waals surface area contributed by atoms with Crippen molar-refractivity contribution in [3.05, 3.63) is 122 Å². The van der Waals surface area contributed by atoms with Crippen molar-refractivity contribution in [3.8, 4) is 22.8 Å². The molecule has 1 aliphatic rings. The van der Waals surface area contributed by atoms with Crippen molar-refractivity contribution in [2.45, 2.75) is 24.5 Å². The molecule has 0 spiro atoms. The van der Waals surface area contributed by atoms with Gasteiger partial charge >= 0.3 is 11.3 Å². The minimum Gasteiger partial charge on any atom is -0.490 e. The number of hydrogen-bond donors (Lipinski definition) is 1. The van der Waals surface area contributed by atoms with Gasteiger partial charge in [-0.05, 0) is 48.9 Å². The van der Waals surface area contributed by atoms with Crippen LogP contribution in [-0.2, 0) is 16.4 Å². The van der Waals surface area contributed by atoms with Gasteiger partial charge < -0.3 is 18.3 Å². The van der Waals surface area contributed by atoms with Gasteiger partial charge in [0.25, 0.3) is 0 Å². The van der Waals surface area contributed by atoms with Crippen LogP contribution in [0.2, 0.25) is 0 Å². The van der Waals surface area contributed by atoms with Crippen molar-refractivity contribution in [1.29, 1.82) is 0 Å². The first-order valence-electron chi connectivity index (χ1n) is 12.5. The van der Waals surface area contributed by atoms with Crippen LogP contribution in [0, 0.1) is 0 Å². The second kappa shape index (κ2) is 10.1. The molecule has 2 aromatic heterocycles. The molecule has 0 saturated heterocycles. The Morgan fingerprint density at radius 2 is 1.65 bits per heavy atom. The van der Waals surface area contributed by atoms with Crippen molar-refractivity contribution in [2.24, 2.45) is 0 Å². The quantitative estimate of drug-likeness (QED) is 0.284. The van der Waals surface area contributed by atoms with Crippen molar-refractivity contribution in [1.82, 2.24) is 4.72 Å². The number of sulfonamides is 1. The molecule has 5 aromatic rings. The Morgan fingerprint density at radius 3 is 2.45 bits per heavy atom. The Bertz CT molecular complexity index is 1960. The number of ether oxygens (including phenoxy) is 2. The average molecular weight is 558 g/mol. The Labute approximate surface area is 228 Å². The Morgan fingerprint density at radius 1 is 0.875 bits per heavy atom. The molecular formula is C30H23NO8S. The average Bonchev–Trinajstić information content (AvgIpc) is 2.94. The molecule has 6 rings (SSSR count). The highest BCUT2D eigenvalue weighted by Crippen LogP contribution is 2.41. The largest absolute Gasteiger partial charge is 0.490 e. The van der Waals surface area contributed by atoms with E-state index in [2.05, 4.69) is 4.72 Å². The van der Waals surface area contributed by atoms with E-state index in [1.807, 2.05) is 6.92 Å². The fourth-order valence-corrected chi connectivity index (χ4v) is 5.85. The maximum absolute atomic E-state index is 13.2. The van der Waals surface area contributed by atoms with Gasteiger partial charge in [-0.1, -0.05) is 42.5 Å². The van der Waals surface area contributed by atoms with Gasteiger partial charge in [0.15, 0.2) is 23.3 Å². The molecule has 0 fully saturated rings. The zero-order chi connectivity index (χ0) is 27.9. The first kappa shape index (κ1) is 25.6. The second-order valence-corrected chi connectivity index (χ2v) is 10.8. The number of para-hydroxylation sites is 2. The Hall–Kier alpha value is -4.67. The molecule has 0 radical (unpaired) electrons. The highest BCUT2D eigenvalue weighted by atomic mass is 32.2. The van der Waals surface area contributed by atoms with Gasteiger partial charge in [-0.3, -0.25) is 0 Å². The molecule has 10 heteroatoms. The summed E-state index contributed by atoms with van der Waals surface area (Å²) in [5.41, 5.74) is 0.640. The summed E-state index contributed by atoms with van der Waals surface area (Å²) < 4.78 is 51.9. The molecule has 0 aliphatic carbocycles. The monoisotopic (exact) mass is 557 g/mol. The number of rotatable bonds is 7. The maximum atomic E-state index is 13.2. The Kier molecular flexibility index (Phi) is 6.49. The van der Waals surface area contributed by atoms with Crippen LogP contribution in [0.25, 0.3) is 22.3 Å². The molecule has 1 aliphatic heterocycles. The lowest BCUT2D eigenvalue weighted by atomic mass is 9.98. The predicted molar refractivity (Wildman–Crippen MR) is 147 cm³/mol. The molecule has 9 nitrogen and oxygen atoms in total. The number of nitrogens with one attached hydrogen (secondary N) is 1. The summed E-state index contributed by atoms with van der Waals surface area (Å²) in [4.78, 5) is 25.7. The summed E-state index contributed by atoms with van der Waals surface area (Å²) in [6, 6.07) is 22.9. The summed E-state index contributed by atoms with van der Waals surface area (Å²) >= 11 is 0. The fraction of sp³-hybridized carbons (Fsp3) is 0.133. The molecule has 1 N–H and O–H groups in total. The standard InChI is InChI=1S/C30H23NO8S/c1-2-36-25-14-8-12-21-18(17-26(32)38-28(21)25)15-19-16-23-27(39-30(19)33)22-11-6-7-13-24(22)37-29(23)31-40(34,35)20-9-4-3-5-10-20/h3-14,16-17,29,31H,2,15H2,1H3. The van der Waals surface area contributed by atoms with Crippen molar-refractivity contribution in [3.63, 3.8) is 0 Å². The van der Waals surface area contributed by atoms with E-state index in [9.17, 15) is 18.0 Å². The minimum absolute atomic E-state index is 0.0209. The van der Waals surface area contributed by atoms with E-state index in [4.69, 9.17) is 18.3 Å². The summed E-state index contributed by atoms with van der Waals surface area (Å²) in [7, 11) is -3.99. The SMILES string of the molecule is CCOc1cccc2c(Cc3cc4c(oc3=O)-c3ccccc3OC4NS(=O)(=O)c3ccccc3)cc(=O)oc12. The lowest BCUT2D eigenvalue weighted by molar-refractivity contribution is 0.185. The molecule has 40 heavy (non-hydrogen) atoms. The van der Waals surface area contributed by atoms with E-state index in [1.165, 1.54) is 18.2 Å². The molecule has 3 heterocycles. The molecule has 1 unspecified atom stereocenters. The fourth-order valence-electron chi connectivity index (χ4n) is 4.75. The topological polar surface area (TPSA) is 125 Å². The van der Waals surface area contributed by atoms with Crippen molar-refractivity contribution < 1.29 is 26.7 Å². The third-order valence-corrected chi connectivity index (χ3v) is 7.94. The van der Waals surface area contributed by atoms with E-state index in [0.717, 1.165) is 0 Å². The van der Waals surface area contributed by atoms with E-state index >= 15 is 0 Å². The van der Waals surface area contributed by atoms with Crippen LogP contribution in [-0.4, -0.2) is 15.0 Å².